The summed E-state index contributed by atoms with van der Waals surface area (Å²) in [6.45, 7) is 1.24. The van der Waals surface area contributed by atoms with Crippen LogP contribution in [0.25, 0.3) is 22.2 Å². The molecule has 7 nitrogen and oxygen atoms in total. The molecule has 9 heteroatoms. The first-order valence-corrected chi connectivity index (χ1v) is 13.2. The monoisotopic (exact) mass is 578 g/mol. The summed E-state index contributed by atoms with van der Waals surface area (Å²) in [5.41, 5.74) is 3.61. The van der Waals surface area contributed by atoms with E-state index in [1.807, 2.05) is 0 Å². The van der Waals surface area contributed by atoms with Crippen LogP contribution >= 0.6 is 11.6 Å². The third-order valence-corrected chi connectivity index (χ3v) is 7.51. The molecule has 0 bridgehead atoms. The van der Waals surface area contributed by atoms with Crippen LogP contribution in [-0.2, 0) is 4.74 Å². The number of benzene rings is 4. The molecule has 6 rings (SSSR count). The average Bonchev–Trinajstić information content (AvgIpc) is 3.27. The van der Waals surface area contributed by atoms with Crippen molar-refractivity contribution in [3.8, 4) is 11.3 Å². The number of ether oxygens (including phenoxy) is 1. The summed E-state index contributed by atoms with van der Waals surface area (Å²) >= 11 is 6.36. The van der Waals surface area contributed by atoms with E-state index in [-0.39, 0.29) is 11.1 Å². The second-order valence-electron chi connectivity index (χ2n) is 9.67. The van der Waals surface area contributed by atoms with Crippen molar-refractivity contribution >= 4 is 51.8 Å². The summed E-state index contributed by atoms with van der Waals surface area (Å²) in [7, 11) is 0. The fourth-order valence-electron chi connectivity index (χ4n) is 4.85. The number of amides is 2. The van der Waals surface area contributed by atoms with E-state index in [9.17, 15) is 23.6 Å². The van der Waals surface area contributed by atoms with E-state index in [1.54, 1.807) is 73.7 Å². The van der Waals surface area contributed by atoms with E-state index in [0.29, 0.717) is 49.6 Å². The molecule has 0 aliphatic carbocycles. The maximum atomic E-state index is 13.3. The predicted octanol–water partition coefficient (Wildman–Crippen LogP) is 6.84. The summed E-state index contributed by atoms with van der Waals surface area (Å²) in [5.74, 6) is -2.52. The average molecular weight is 579 g/mol. The molecule has 0 atom stereocenters. The maximum Gasteiger partial charge on any atom is 0.339 e. The molecule has 4 aromatic carbocycles. The van der Waals surface area contributed by atoms with Crippen molar-refractivity contribution in [2.24, 2.45) is 0 Å². The van der Waals surface area contributed by atoms with Gasteiger partial charge in [0.25, 0.3) is 11.8 Å². The highest BCUT2D eigenvalue weighted by Crippen LogP contribution is 2.33. The fourth-order valence-corrected chi connectivity index (χ4v) is 5.01. The molecule has 0 fully saturated rings. The molecular weight excluding hydrogens is 559 g/mol. The smallest absolute Gasteiger partial charge is 0.339 e. The minimum atomic E-state index is -0.747. The van der Waals surface area contributed by atoms with Gasteiger partial charge in [-0.2, -0.15) is 0 Å². The first-order chi connectivity index (χ1) is 20.2. The van der Waals surface area contributed by atoms with Gasteiger partial charge in [-0.15, -0.1) is 0 Å². The molecule has 5 aromatic rings. The highest BCUT2D eigenvalue weighted by molar-refractivity contribution is 6.34. The van der Waals surface area contributed by atoms with Crippen molar-refractivity contribution in [1.29, 1.82) is 0 Å². The zero-order chi connectivity index (χ0) is 29.5. The van der Waals surface area contributed by atoms with E-state index >= 15 is 0 Å². The van der Waals surface area contributed by atoms with E-state index < -0.39 is 36.0 Å². The quantitative estimate of drug-likeness (QED) is 0.124. The molecule has 1 aromatic heterocycles. The van der Waals surface area contributed by atoms with Gasteiger partial charge in [-0.05, 0) is 73.2 Å². The van der Waals surface area contributed by atoms with Gasteiger partial charge in [-0.3, -0.25) is 14.4 Å². The normalized spacial score (nSPS) is 12.5. The molecule has 1 aliphatic heterocycles. The molecular formula is C33H20ClFN2O5. The standard InChI is InChI=1S/C33H20ClFN2O5/c1-18-27(34)15-14-23-26(33(41)42-17-29(38)20-6-10-21(35)11-7-20)16-28(36-30(18)23)19-8-12-22(13-9-19)37-31(39)24-4-2-3-5-25(24)32(37)40/h2-16H,17H2,1H3. The molecule has 42 heavy (non-hydrogen) atoms. The Morgan fingerprint density at radius 2 is 1.52 bits per heavy atom. The molecule has 1 aliphatic rings. The summed E-state index contributed by atoms with van der Waals surface area (Å²) in [6.07, 6.45) is 0. The number of anilines is 1. The van der Waals surface area contributed by atoms with Crippen LogP contribution in [0.1, 0.15) is 47.0 Å². The van der Waals surface area contributed by atoms with Gasteiger partial charge in [0.1, 0.15) is 5.82 Å². The Bertz CT molecular complexity index is 1900. The Hall–Kier alpha value is -5.21. The topological polar surface area (TPSA) is 93.6 Å². The second-order valence-corrected chi connectivity index (χ2v) is 10.1. The number of hydrogen-bond donors (Lipinski definition) is 0. The number of Topliss-reactive ketones (excluding diaryl/α,β-unsaturated/α-hetero) is 1. The lowest BCUT2D eigenvalue weighted by atomic mass is 10.0. The van der Waals surface area contributed by atoms with Gasteiger partial charge in [0.15, 0.2) is 12.4 Å². The first-order valence-electron chi connectivity index (χ1n) is 12.9. The summed E-state index contributed by atoms with van der Waals surface area (Å²) in [4.78, 5) is 57.4. The van der Waals surface area contributed by atoms with Crippen LogP contribution in [0.15, 0.2) is 91.0 Å². The third-order valence-electron chi connectivity index (χ3n) is 7.10. The SMILES string of the molecule is Cc1c(Cl)ccc2c(C(=O)OCC(=O)c3ccc(F)cc3)cc(-c3ccc(N4C(=O)c5ccccc5C4=O)cc3)nc12. The molecule has 2 amide bonds. The largest absolute Gasteiger partial charge is 0.454 e. The second kappa shape index (κ2) is 10.6. The van der Waals surface area contributed by atoms with Crippen molar-refractivity contribution in [3.63, 3.8) is 0 Å². The number of rotatable bonds is 6. The number of fused-ring (bicyclic) bond motifs is 2. The van der Waals surface area contributed by atoms with Gasteiger partial charge in [-0.25, -0.2) is 19.1 Å². The lowest BCUT2D eigenvalue weighted by Gasteiger charge is -2.15. The summed E-state index contributed by atoms with van der Waals surface area (Å²) in [5, 5.41) is 0.946. The van der Waals surface area contributed by atoms with Crippen LogP contribution in [-0.4, -0.2) is 35.2 Å². The highest BCUT2D eigenvalue weighted by Gasteiger charge is 2.36. The molecule has 0 spiro atoms. The minimum absolute atomic E-state index is 0.172. The van der Waals surface area contributed by atoms with E-state index in [0.717, 1.165) is 17.0 Å². The Labute approximate surface area is 244 Å². The Balaban J connectivity index is 1.32. The zero-order valence-electron chi connectivity index (χ0n) is 22.1. The van der Waals surface area contributed by atoms with E-state index in [1.165, 1.54) is 12.1 Å². The predicted molar refractivity (Wildman–Crippen MR) is 156 cm³/mol. The Kier molecular flexibility index (Phi) is 6.84. The first kappa shape index (κ1) is 27.0. The molecule has 0 saturated carbocycles. The van der Waals surface area contributed by atoms with Crippen molar-refractivity contribution in [2.45, 2.75) is 6.92 Å². The van der Waals surface area contributed by atoms with Crippen molar-refractivity contribution in [2.75, 3.05) is 11.5 Å². The number of esters is 1. The fraction of sp³-hybridized carbons (Fsp3) is 0.0606. The molecule has 0 unspecified atom stereocenters. The van der Waals surface area contributed by atoms with Gasteiger partial charge in [0.2, 0.25) is 0 Å². The van der Waals surface area contributed by atoms with E-state index in [2.05, 4.69) is 0 Å². The minimum Gasteiger partial charge on any atom is -0.454 e. The van der Waals surface area contributed by atoms with Crippen LogP contribution in [0.5, 0.6) is 0 Å². The molecule has 2 heterocycles. The van der Waals surface area contributed by atoms with Crippen molar-refractivity contribution in [3.05, 3.63) is 130 Å². The summed E-state index contributed by atoms with van der Waals surface area (Å²) in [6, 6.07) is 23.1. The molecule has 0 radical (unpaired) electrons. The lowest BCUT2D eigenvalue weighted by Crippen LogP contribution is -2.29. The van der Waals surface area contributed by atoms with Crippen LogP contribution < -0.4 is 4.90 Å². The van der Waals surface area contributed by atoms with Gasteiger partial charge in [-0.1, -0.05) is 41.9 Å². The number of nitrogens with zero attached hydrogens (tertiary/aromatic N) is 2. The van der Waals surface area contributed by atoms with Crippen molar-refractivity contribution < 1.29 is 28.3 Å². The number of carbonyl (C=O) groups excluding carboxylic acids is 4. The number of halogens is 2. The lowest BCUT2D eigenvalue weighted by molar-refractivity contribution is 0.0476. The van der Waals surface area contributed by atoms with E-state index in [4.69, 9.17) is 21.3 Å². The van der Waals surface area contributed by atoms with Gasteiger partial charge in [0, 0.05) is 21.5 Å². The zero-order valence-corrected chi connectivity index (χ0v) is 22.8. The number of pyridine rings is 1. The third kappa shape index (κ3) is 4.71. The number of ketones is 1. The number of aromatic nitrogens is 1. The number of carbonyl (C=O) groups is 4. The van der Waals surface area contributed by atoms with Crippen LogP contribution in [0.3, 0.4) is 0 Å². The van der Waals surface area contributed by atoms with Gasteiger partial charge >= 0.3 is 5.97 Å². The summed E-state index contributed by atoms with van der Waals surface area (Å²) < 4.78 is 18.6. The van der Waals surface area contributed by atoms with Crippen LogP contribution in [0, 0.1) is 12.7 Å². The van der Waals surface area contributed by atoms with Crippen LogP contribution in [0.2, 0.25) is 5.02 Å². The number of aryl methyl sites for hydroxylation is 1. The van der Waals surface area contributed by atoms with Crippen molar-refractivity contribution in [1.82, 2.24) is 4.98 Å². The Morgan fingerprint density at radius 1 is 0.881 bits per heavy atom. The Morgan fingerprint density at radius 3 is 2.17 bits per heavy atom. The molecule has 206 valence electrons. The van der Waals surface area contributed by atoms with Crippen LogP contribution in [0.4, 0.5) is 10.1 Å². The molecule has 0 saturated heterocycles. The number of hydrogen-bond acceptors (Lipinski definition) is 6. The molecule has 0 N–H and O–H groups in total. The maximum absolute atomic E-state index is 13.3. The van der Waals surface area contributed by atoms with Gasteiger partial charge in [0.05, 0.1) is 33.6 Å². The number of imide groups is 1. The highest BCUT2D eigenvalue weighted by atomic mass is 35.5. The van der Waals surface area contributed by atoms with Gasteiger partial charge < -0.3 is 4.74 Å².